The van der Waals surface area contributed by atoms with Gasteiger partial charge in [-0.3, -0.25) is 14.4 Å². The zero-order valence-corrected chi connectivity index (χ0v) is 13.1. The Bertz CT molecular complexity index is 487. The molecule has 0 N–H and O–H groups in total. The predicted octanol–water partition coefficient (Wildman–Crippen LogP) is 2.16. The van der Waals surface area contributed by atoms with Gasteiger partial charge in [0.05, 0.1) is 18.2 Å². The molecule has 0 radical (unpaired) electrons. The van der Waals surface area contributed by atoms with E-state index in [1.54, 1.807) is 4.68 Å². The summed E-state index contributed by atoms with van der Waals surface area (Å²) in [6, 6.07) is 0. The Morgan fingerprint density at radius 1 is 1.55 bits per heavy atom. The van der Waals surface area contributed by atoms with Crippen LogP contribution in [0.4, 0.5) is 0 Å². The number of hydrogen-bond donors (Lipinski definition) is 0. The molecule has 5 nitrogen and oxygen atoms in total. The largest absolute Gasteiger partial charge is 0.466 e. The summed E-state index contributed by atoms with van der Waals surface area (Å²) in [5.41, 5.74) is 2.01. The molecule has 1 aromatic heterocycles. The number of nitrogens with zero attached hydrogens (tertiary/aromatic N) is 3. The Labute approximate surface area is 124 Å². The lowest BCUT2D eigenvalue weighted by Crippen LogP contribution is -2.39. The maximum absolute atomic E-state index is 11.8. The fraction of sp³-hybridized carbons (Fsp3) is 0.714. The van der Waals surface area contributed by atoms with Crippen molar-refractivity contribution in [3.63, 3.8) is 0 Å². The van der Waals surface area contributed by atoms with Crippen LogP contribution in [-0.4, -0.2) is 40.3 Å². The number of aromatic nitrogens is 2. The summed E-state index contributed by atoms with van der Waals surface area (Å²) >= 11 is 6.26. The van der Waals surface area contributed by atoms with Gasteiger partial charge >= 0.3 is 5.97 Å². The van der Waals surface area contributed by atoms with Crippen LogP contribution in [0.2, 0.25) is 5.15 Å². The molecule has 1 fully saturated rings. The number of ether oxygens (including phenoxy) is 1. The van der Waals surface area contributed by atoms with Gasteiger partial charge in [-0.1, -0.05) is 11.6 Å². The van der Waals surface area contributed by atoms with Crippen molar-refractivity contribution in [3.8, 4) is 0 Å². The van der Waals surface area contributed by atoms with Gasteiger partial charge in [-0.2, -0.15) is 5.10 Å². The van der Waals surface area contributed by atoms with E-state index in [4.69, 9.17) is 16.3 Å². The highest BCUT2D eigenvalue weighted by Gasteiger charge is 2.27. The summed E-state index contributed by atoms with van der Waals surface area (Å²) in [5, 5.41) is 5.01. The van der Waals surface area contributed by atoms with Crippen molar-refractivity contribution in [2.75, 3.05) is 19.7 Å². The fourth-order valence-corrected chi connectivity index (χ4v) is 2.96. The van der Waals surface area contributed by atoms with Crippen LogP contribution in [0, 0.1) is 12.8 Å². The second-order valence-electron chi connectivity index (χ2n) is 5.30. The van der Waals surface area contributed by atoms with Gasteiger partial charge in [0.25, 0.3) is 0 Å². The van der Waals surface area contributed by atoms with Crippen LogP contribution in [0.15, 0.2) is 0 Å². The number of hydrogen-bond acceptors (Lipinski definition) is 4. The topological polar surface area (TPSA) is 47.4 Å². The van der Waals surface area contributed by atoms with Gasteiger partial charge < -0.3 is 4.74 Å². The molecular weight excluding hydrogens is 278 g/mol. The van der Waals surface area contributed by atoms with E-state index in [1.165, 1.54) is 0 Å². The van der Waals surface area contributed by atoms with Crippen molar-refractivity contribution in [1.82, 2.24) is 14.7 Å². The average Bonchev–Trinajstić information content (AvgIpc) is 2.66. The molecule has 2 rings (SSSR count). The lowest BCUT2D eigenvalue weighted by Gasteiger charge is -2.31. The Hall–Kier alpha value is -1.07. The van der Waals surface area contributed by atoms with E-state index in [0.29, 0.717) is 11.8 Å². The van der Waals surface area contributed by atoms with Gasteiger partial charge in [0, 0.05) is 25.7 Å². The maximum Gasteiger partial charge on any atom is 0.310 e. The zero-order valence-electron chi connectivity index (χ0n) is 12.4. The zero-order chi connectivity index (χ0) is 14.7. The summed E-state index contributed by atoms with van der Waals surface area (Å²) in [6.07, 6.45) is 1.93. The highest BCUT2D eigenvalue weighted by molar-refractivity contribution is 6.30. The lowest BCUT2D eigenvalue weighted by molar-refractivity contribution is -0.150. The molecule has 1 aromatic rings. The molecule has 6 heteroatoms. The Morgan fingerprint density at radius 3 is 2.90 bits per heavy atom. The number of aryl methyl sites for hydroxylation is 2. The molecule has 2 heterocycles. The fourth-order valence-electron chi connectivity index (χ4n) is 2.73. The molecule has 1 aliphatic heterocycles. The van der Waals surface area contributed by atoms with E-state index in [9.17, 15) is 4.79 Å². The summed E-state index contributed by atoms with van der Waals surface area (Å²) in [7, 11) is 1.84. The standard InChI is InChI=1S/C14H22ClN3O2/c1-4-20-14(19)11-6-5-7-18(8-11)9-12-10(2)16-17(3)13(12)15/h11H,4-9H2,1-3H3. The highest BCUT2D eigenvalue weighted by Crippen LogP contribution is 2.24. The van der Waals surface area contributed by atoms with Gasteiger partial charge in [-0.05, 0) is 33.2 Å². The first kappa shape index (κ1) is 15.3. The van der Waals surface area contributed by atoms with Crippen molar-refractivity contribution < 1.29 is 9.53 Å². The van der Waals surface area contributed by atoms with Crippen molar-refractivity contribution in [1.29, 1.82) is 0 Å². The smallest absolute Gasteiger partial charge is 0.310 e. The highest BCUT2D eigenvalue weighted by atomic mass is 35.5. The molecule has 1 aliphatic rings. The van der Waals surface area contributed by atoms with Crippen LogP contribution in [0.1, 0.15) is 31.0 Å². The van der Waals surface area contributed by atoms with E-state index in [0.717, 1.165) is 43.7 Å². The number of likely N-dealkylation sites (tertiary alicyclic amines) is 1. The molecule has 0 saturated carbocycles. The molecule has 1 unspecified atom stereocenters. The van der Waals surface area contributed by atoms with Crippen LogP contribution in [-0.2, 0) is 23.1 Å². The number of piperidine rings is 1. The summed E-state index contributed by atoms with van der Waals surface area (Å²) < 4.78 is 6.82. The third-order valence-corrected chi connectivity index (χ3v) is 4.25. The van der Waals surface area contributed by atoms with Gasteiger partial charge in [0.15, 0.2) is 0 Å². The second-order valence-corrected chi connectivity index (χ2v) is 5.66. The number of carbonyl (C=O) groups is 1. The molecule has 1 saturated heterocycles. The first-order chi connectivity index (χ1) is 9.52. The van der Waals surface area contributed by atoms with E-state index >= 15 is 0 Å². The van der Waals surface area contributed by atoms with Gasteiger partial charge in [-0.25, -0.2) is 0 Å². The van der Waals surface area contributed by atoms with Crippen LogP contribution in [0.3, 0.4) is 0 Å². The van der Waals surface area contributed by atoms with Gasteiger partial charge in [0.1, 0.15) is 5.15 Å². The Kier molecular flexibility index (Phi) is 5.05. The maximum atomic E-state index is 11.8. The number of esters is 1. The van der Waals surface area contributed by atoms with Crippen LogP contribution in [0.25, 0.3) is 0 Å². The molecule has 20 heavy (non-hydrogen) atoms. The van der Waals surface area contributed by atoms with Gasteiger partial charge in [0.2, 0.25) is 0 Å². The predicted molar refractivity (Wildman–Crippen MR) is 77.6 cm³/mol. The Balaban J connectivity index is 2.01. The molecule has 1 atom stereocenters. The molecule has 0 amide bonds. The third kappa shape index (κ3) is 3.33. The quantitative estimate of drug-likeness (QED) is 0.799. The van der Waals surface area contributed by atoms with Gasteiger partial charge in [-0.15, -0.1) is 0 Å². The average molecular weight is 300 g/mol. The van der Waals surface area contributed by atoms with Crippen molar-refractivity contribution >= 4 is 17.6 Å². The SMILES string of the molecule is CCOC(=O)C1CCCN(Cc2c(C)nn(C)c2Cl)C1. The van der Waals surface area contributed by atoms with E-state index in [2.05, 4.69) is 10.00 Å². The first-order valence-electron chi connectivity index (χ1n) is 7.09. The van der Waals surface area contributed by atoms with Crippen molar-refractivity contribution in [2.45, 2.75) is 33.2 Å². The lowest BCUT2D eigenvalue weighted by atomic mass is 9.98. The van der Waals surface area contributed by atoms with Crippen molar-refractivity contribution in [2.24, 2.45) is 13.0 Å². The van der Waals surface area contributed by atoms with Crippen LogP contribution in [0.5, 0.6) is 0 Å². The van der Waals surface area contributed by atoms with E-state index < -0.39 is 0 Å². The van der Waals surface area contributed by atoms with E-state index in [-0.39, 0.29) is 11.9 Å². The molecule has 112 valence electrons. The minimum Gasteiger partial charge on any atom is -0.466 e. The minimum atomic E-state index is -0.0776. The van der Waals surface area contributed by atoms with E-state index in [1.807, 2.05) is 20.9 Å². The number of carbonyl (C=O) groups excluding carboxylic acids is 1. The minimum absolute atomic E-state index is 0.0144. The first-order valence-corrected chi connectivity index (χ1v) is 7.47. The number of halogens is 1. The number of rotatable bonds is 4. The normalized spacial score (nSPS) is 20.1. The summed E-state index contributed by atoms with van der Waals surface area (Å²) in [4.78, 5) is 14.1. The summed E-state index contributed by atoms with van der Waals surface area (Å²) in [5.74, 6) is -0.0920. The van der Waals surface area contributed by atoms with Crippen LogP contribution < -0.4 is 0 Å². The second kappa shape index (κ2) is 6.59. The Morgan fingerprint density at radius 2 is 2.30 bits per heavy atom. The molecule has 0 bridgehead atoms. The van der Waals surface area contributed by atoms with Crippen molar-refractivity contribution in [3.05, 3.63) is 16.4 Å². The molecular formula is C14H22ClN3O2. The third-order valence-electron chi connectivity index (χ3n) is 3.78. The molecule has 0 aliphatic carbocycles. The molecule has 0 spiro atoms. The molecule has 0 aromatic carbocycles. The van der Waals surface area contributed by atoms with Crippen LogP contribution >= 0.6 is 11.6 Å². The summed E-state index contributed by atoms with van der Waals surface area (Å²) in [6.45, 7) is 6.73. The monoisotopic (exact) mass is 299 g/mol.